The maximum Gasteiger partial charge on any atom is 0.140 e. The van der Waals surface area contributed by atoms with Gasteiger partial charge in [0.15, 0.2) is 0 Å². The number of nitrogens with zero attached hydrogens (tertiary/aromatic N) is 4. The van der Waals surface area contributed by atoms with Crippen LogP contribution in [0.5, 0.6) is 0 Å². The van der Waals surface area contributed by atoms with E-state index in [1.54, 1.807) is 6.33 Å². The molecule has 3 aromatic carbocycles. The van der Waals surface area contributed by atoms with E-state index in [0.717, 1.165) is 61.6 Å². The highest BCUT2D eigenvalue weighted by atomic mass is 15.2. The highest BCUT2D eigenvalue weighted by Gasteiger charge is 2.22. The Bertz CT molecular complexity index is 1400. The number of hydrogen-bond acceptors (Lipinski definition) is 3. The van der Waals surface area contributed by atoms with Gasteiger partial charge in [-0.2, -0.15) is 0 Å². The average Bonchev–Trinajstić information content (AvgIpc) is 3.56. The van der Waals surface area contributed by atoms with E-state index in [2.05, 4.69) is 112 Å². The fourth-order valence-electron chi connectivity index (χ4n) is 4.99. The molecule has 37 heavy (non-hydrogen) atoms. The van der Waals surface area contributed by atoms with E-state index in [-0.39, 0.29) is 0 Å². The average molecular weight is 492 g/mol. The highest BCUT2D eigenvalue weighted by Crippen LogP contribution is 2.31. The fourth-order valence-corrected chi connectivity index (χ4v) is 4.99. The fraction of sp³-hybridized carbons (Fsp3) is 0.312. The Morgan fingerprint density at radius 1 is 0.811 bits per heavy atom. The Labute approximate surface area is 220 Å². The predicted molar refractivity (Wildman–Crippen MR) is 153 cm³/mol. The number of rotatable bonds is 12. The lowest BCUT2D eigenvalue weighted by atomic mass is 10.1. The van der Waals surface area contributed by atoms with Crippen LogP contribution in [0.2, 0.25) is 0 Å². The molecule has 190 valence electrons. The summed E-state index contributed by atoms with van der Waals surface area (Å²) in [6.45, 7) is 8.29. The van der Waals surface area contributed by atoms with Gasteiger partial charge in [0, 0.05) is 30.8 Å². The number of imidazole rings is 2. The van der Waals surface area contributed by atoms with Gasteiger partial charge < -0.3 is 9.55 Å². The van der Waals surface area contributed by atoms with Crippen LogP contribution in [0.25, 0.3) is 33.7 Å². The van der Waals surface area contributed by atoms with Crippen molar-refractivity contribution in [2.24, 2.45) is 0 Å². The van der Waals surface area contributed by atoms with Crippen LogP contribution in [0.3, 0.4) is 0 Å². The second-order valence-corrected chi connectivity index (χ2v) is 9.79. The smallest absolute Gasteiger partial charge is 0.140 e. The van der Waals surface area contributed by atoms with Crippen molar-refractivity contribution >= 4 is 11.0 Å². The lowest BCUT2D eigenvalue weighted by Crippen LogP contribution is -2.26. The molecule has 0 amide bonds. The minimum Gasteiger partial charge on any atom is -0.345 e. The molecule has 0 saturated heterocycles. The van der Waals surface area contributed by atoms with Crippen molar-refractivity contribution in [1.29, 1.82) is 0 Å². The summed E-state index contributed by atoms with van der Waals surface area (Å²) in [5.41, 5.74) is 8.17. The largest absolute Gasteiger partial charge is 0.345 e. The molecule has 5 heteroatoms. The van der Waals surface area contributed by atoms with Gasteiger partial charge in [0.1, 0.15) is 5.82 Å². The first-order valence-electron chi connectivity index (χ1n) is 13.6. The summed E-state index contributed by atoms with van der Waals surface area (Å²) in [6.07, 6.45) is 6.39. The Morgan fingerprint density at radius 2 is 1.54 bits per heavy atom. The molecule has 0 unspecified atom stereocenters. The topological polar surface area (TPSA) is 49.7 Å². The number of fused-ring (bicyclic) bond motifs is 1. The van der Waals surface area contributed by atoms with Crippen LogP contribution in [0.1, 0.15) is 50.8 Å². The summed E-state index contributed by atoms with van der Waals surface area (Å²) in [5, 5.41) is 0. The van der Waals surface area contributed by atoms with Crippen LogP contribution in [-0.2, 0) is 19.6 Å². The number of unbranched alkanes of at least 4 members (excludes halogenated alkanes) is 2. The van der Waals surface area contributed by atoms with Crippen LogP contribution in [0.15, 0.2) is 85.2 Å². The third-order valence-corrected chi connectivity index (χ3v) is 6.98. The first-order chi connectivity index (χ1) is 18.3. The van der Waals surface area contributed by atoms with Crippen molar-refractivity contribution in [3.8, 4) is 22.6 Å². The van der Waals surface area contributed by atoms with E-state index in [9.17, 15) is 0 Å². The van der Waals surface area contributed by atoms with E-state index >= 15 is 0 Å². The van der Waals surface area contributed by atoms with Gasteiger partial charge in [-0.15, -0.1) is 0 Å². The normalized spacial score (nSPS) is 11.5. The second-order valence-electron chi connectivity index (χ2n) is 9.79. The van der Waals surface area contributed by atoms with Crippen LogP contribution < -0.4 is 0 Å². The number of hydrogen-bond donors (Lipinski definition) is 1. The quantitative estimate of drug-likeness (QED) is 0.195. The molecule has 0 aliphatic rings. The Hall–Kier alpha value is -3.70. The molecule has 0 bridgehead atoms. The maximum absolute atomic E-state index is 5.30. The van der Waals surface area contributed by atoms with Crippen molar-refractivity contribution in [2.75, 3.05) is 6.54 Å². The number of benzene rings is 3. The Kier molecular flexibility index (Phi) is 8.11. The standard InChI is InChI=1S/C32H37N5/c1-3-5-19-36(22-25-17-18-28-29(21-25)34-24-33-28)23-30-31(26-13-9-7-10-14-26)35-32(37(30)20-6-4-2)27-15-11-8-12-16-27/h7-18,21,24H,3-6,19-20,22-23H2,1-2H3,(H,33,34). The van der Waals surface area contributed by atoms with Crippen molar-refractivity contribution < 1.29 is 0 Å². The summed E-state index contributed by atoms with van der Waals surface area (Å²) in [6, 6.07) is 27.9. The van der Waals surface area contributed by atoms with Gasteiger partial charge in [-0.05, 0) is 37.1 Å². The molecular weight excluding hydrogens is 454 g/mol. The zero-order chi connectivity index (χ0) is 25.5. The van der Waals surface area contributed by atoms with E-state index in [1.807, 2.05) is 0 Å². The Morgan fingerprint density at radius 3 is 2.27 bits per heavy atom. The summed E-state index contributed by atoms with van der Waals surface area (Å²) >= 11 is 0. The molecule has 0 aliphatic carbocycles. The molecule has 0 atom stereocenters. The number of H-pyrrole nitrogens is 1. The van der Waals surface area contributed by atoms with E-state index in [4.69, 9.17) is 4.98 Å². The van der Waals surface area contributed by atoms with Gasteiger partial charge in [0.25, 0.3) is 0 Å². The second kappa shape index (κ2) is 12.0. The molecule has 5 aromatic rings. The molecule has 0 aliphatic heterocycles. The van der Waals surface area contributed by atoms with Gasteiger partial charge in [0.05, 0.1) is 28.7 Å². The zero-order valence-electron chi connectivity index (χ0n) is 22.0. The van der Waals surface area contributed by atoms with Gasteiger partial charge in [-0.1, -0.05) is 93.4 Å². The molecular formula is C32H37N5. The summed E-state index contributed by atoms with van der Waals surface area (Å²) in [7, 11) is 0. The minimum atomic E-state index is 0.856. The third-order valence-electron chi connectivity index (χ3n) is 6.98. The van der Waals surface area contributed by atoms with Crippen molar-refractivity contribution in [3.05, 3.63) is 96.4 Å². The van der Waals surface area contributed by atoms with E-state index < -0.39 is 0 Å². The van der Waals surface area contributed by atoms with Crippen LogP contribution >= 0.6 is 0 Å². The van der Waals surface area contributed by atoms with Crippen LogP contribution in [-0.4, -0.2) is 31.0 Å². The molecule has 2 heterocycles. The highest BCUT2D eigenvalue weighted by molar-refractivity contribution is 5.75. The van der Waals surface area contributed by atoms with Gasteiger partial charge in [-0.3, -0.25) is 4.90 Å². The molecule has 5 rings (SSSR count). The van der Waals surface area contributed by atoms with Crippen molar-refractivity contribution in [3.63, 3.8) is 0 Å². The SMILES string of the molecule is CCCCN(Cc1ccc2nc[nH]c2c1)Cc1c(-c2ccccc2)nc(-c2ccccc2)n1CCCC. The maximum atomic E-state index is 5.30. The predicted octanol–water partition coefficient (Wildman–Crippen LogP) is 7.70. The van der Waals surface area contributed by atoms with Crippen molar-refractivity contribution in [2.45, 2.75) is 59.2 Å². The number of aromatic nitrogens is 4. The Balaban J connectivity index is 1.57. The lowest BCUT2D eigenvalue weighted by Gasteiger charge is -2.24. The van der Waals surface area contributed by atoms with E-state index in [1.165, 1.54) is 35.2 Å². The minimum absolute atomic E-state index is 0.856. The molecule has 0 spiro atoms. The summed E-state index contributed by atoms with van der Waals surface area (Å²) in [5.74, 6) is 1.07. The third kappa shape index (κ3) is 5.83. The molecule has 0 radical (unpaired) electrons. The monoisotopic (exact) mass is 491 g/mol. The first-order valence-corrected chi connectivity index (χ1v) is 13.6. The van der Waals surface area contributed by atoms with Crippen molar-refractivity contribution in [1.82, 2.24) is 24.4 Å². The number of aromatic amines is 1. The van der Waals surface area contributed by atoms with Crippen LogP contribution in [0.4, 0.5) is 0 Å². The molecule has 0 saturated carbocycles. The van der Waals surface area contributed by atoms with E-state index in [0.29, 0.717) is 0 Å². The molecule has 5 nitrogen and oxygen atoms in total. The van der Waals surface area contributed by atoms with Crippen LogP contribution in [0, 0.1) is 0 Å². The molecule has 2 aromatic heterocycles. The number of nitrogens with one attached hydrogen (secondary N) is 1. The molecule has 1 N–H and O–H groups in total. The zero-order valence-corrected chi connectivity index (χ0v) is 22.0. The summed E-state index contributed by atoms with van der Waals surface area (Å²) < 4.78 is 2.48. The summed E-state index contributed by atoms with van der Waals surface area (Å²) in [4.78, 5) is 15.5. The van der Waals surface area contributed by atoms with Gasteiger partial charge >= 0.3 is 0 Å². The first kappa shape index (κ1) is 25.0. The lowest BCUT2D eigenvalue weighted by molar-refractivity contribution is 0.246. The van der Waals surface area contributed by atoms with Gasteiger partial charge in [-0.25, -0.2) is 9.97 Å². The molecule has 0 fully saturated rings. The van der Waals surface area contributed by atoms with Gasteiger partial charge in [0.2, 0.25) is 0 Å².